The van der Waals surface area contributed by atoms with Crippen molar-refractivity contribution in [1.29, 1.82) is 0 Å². The minimum atomic E-state index is -0.332. The van der Waals surface area contributed by atoms with Crippen LogP contribution in [0.15, 0.2) is 15.9 Å². The summed E-state index contributed by atoms with van der Waals surface area (Å²) in [4.78, 5) is 1.00. The Balaban J connectivity index is 2.85. The molecule has 0 bridgehead atoms. The molecule has 1 nitrogen and oxygen atoms in total. The number of hydrogen-bond acceptors (Lipinski definition) is 2. The summed E-state index contributed by atoms with van der Waals surface area (Å²) in [5.74, 6) is 0. The molecule has 0 saturated heterocycles. The summed E-state index contributed by atoms with van der Waals surface area (Å²) in [5, 5.41) is 9.03. The van der Waals surface area contributed by atoms with Crippen LogP contribution in [0.1, 0.15) is 17.9 Å². The zero-order chi connectivity index (χ0) is 6.85. The molecule has 0 unspecified atom stereocenters. The van der Waals surface area contributed by atoms with Gasteiger partial charge in [-0.15, -0.1) is 11.3 Å². The van der Waals surface area contributed by atoms with Crippen LogP contribution in [0.3, 0.4) is 0 Å². The maximum atomic E-state index is 9.03. The van der Waals surface area contributed by atoms with Crippen LogP contribution in [0.4, 0.5) is 0 Å². The lowest BCUT2D eigenvalue weighted by molar-refractivity contribution is 0.203. The molecule has 0 aromatic carbocycles. The first-order valence-electron chi connectivity index (χ1n) is 2.63. The van der Waals surface area contributed by atoms with Crippen LogP contribution in [-0.2, 0) is 0 Å². The average molecular weight is 207 g/mol. The van der Waals surface area contributed by atoms with Crippen molar-refractivity contribution in [2.45, 2.75) is 13.0 Å². The summed E-state index contributed by atoms with van der Waals surface area (Å²) in [6.07, 6.45) is -0.332. The molecule has 1 heterocycles. The summed E-state index contributed by atoms with van der Waals surface area (Å²) in [6.45, 7) is 1.76. The van der Waals surface area contributed by atoms with Crippen LogP contribution in [-0.4, -0.2) is 5.11 Å². The fraction of sp³-hybridized carbons (Fsp3) is 0.333. The topological polar surface area (TPSA) is 20.2 Å². The number of thiophene rings is 1. The van der Waals surface area contributed by atoms with Gasteiger partial charge in [0, 0.05) is 4.88 Å². The van der Waals surface area contributed by atoms with E-state index in [-0.39, 0.29) is 6.10 Å². The molecule has 0 saturated carbocycles. The number of aliphatic hydroxyl groups is 1. The van der Waals surface area contributed by atoms with Gasteiger partial charge in [0.25, 0.3) is 0 Å². The highest BCUT2D eigenvalue weighted by atomic mass is 79.9. The standard InChI is InChI=1S/C6H7BrOS/c1-4(8)5-2-3-6(7)9-5/h2-4,8H,1H3/t4-/m0/s1. The molecule has 0 aliphatic rings. The Morgan fingerprint density at radius 1 is 1.67 bits per heavy atom. The molecule has 0 aliphatic carbocycles. The van der Waals surface area contributed by atoms with Gasteiger partial charge in [0.2, 0.25) is 0 Å². The van der Waals surface area contributed by atoms with Gasteiger partial charge in [-0.25, -0.2) is 0 Å². The quantitative estimate of drug-likeness (QED) is 0.750. The van der Waals surface area contributed by atoms with Crippen LogP contribution in [0.2, 0.25) is 0 Å². The van der Waals surface area contributed by atoms with Crippen molar-refractivity contribution in [3.8, 4) is 0 Å². The van der Waals surface area contributed by atoms with Gasteiger partial charge in [-0.3, -0.25) is 0 Å². The molecule has 0 radical (unpaired) electrons. The third kappa shape index (κ3) is 1.78. The van der Waals surface area contributed by atoms with E-state index in [2.05, 4.69) is 15.9 Å². The lowest BCUT2D eigenvalue weighted by atomic mass is 10.3. The van der Waals surface area contributed by atoms with Gasteiger partial charge >= 0.3 is 0 Å². The third-order valence-electron chi connectivity index (χ3n) is 1.01. The highest BCUT2D eigenvalue weighted by Gasteiger charge is 2.01. The Bertz CT molecular complexity index is 195. The molecule has 1 atom stereocenters. The van der Waals surface area contributed by atoms with Crippen LogP contribution in [0.25, 0.3) is 0 Å². The molecule has 1 rings (SSSR count). The van der Waals surface area contributed by atoms with Crippen molar-refractivity contribution in [3.63, 3.8) is 0 Å². The predicted molar refractivity (Wildman–Crippen MR) is 42.7 cm³/mol. The molecule has 0 fully saturated rings. The van der Waals surface area contributed by atoms with Crippen LogP contribution >= 0.6 is 27.3 Å². The largest absolute Gasteiger partial charge is 0.388 e. The second-order valence-electron chi connectivity index (χ2n) is 1.82. The van der Waals surface area contributed by atoms with Crippen molar-refractivity contribution in [3.05, 3.63) is 20.8 Å². The average Bonchev–Trinajstić information content (AvgIpc) is 2.14. The van der Waals surface area contributed by atoms with Gasteiger partial charge in [-0.05, 0) is 35.0 Å². The fourth-order valence-electron chi connectivity index (χ4n) is 0.553. The maximum absolute atomic E-state index is 9.03. The van der Waals surface area contributed by atoms with Gasteiger partial charge in [-0.1, -0.05) is 0 Å². The van der Waals surface area contributed by atoms with Crippen LogP contribution in [0, 0.1) is 0 Å². The Morgan fingerprint density at radius 3 is 2.56 bits per heavy atom. The SMILES string of the molecule is C[C@H](O)c1ccc(Br)s1. The monoisotopic (exact) mass is 206 g/mol. The summed E-state index contributed by atoms with van der Waals surface area (Å²) in [7, 11) is 0. The molecule has 1 aromatic heterocycles. The van der Waals surface area contributed by atoms with Crippen molar-refractivity contribution < 1.29 is 5.11 Å². The van der Waals surface area contributed by atoms with E-state index >= 15 is 0 Å². The number of aliphatic hydroxyl groups excluding tert-OH is 1. The third-order valence-corrected chi connectivity index (χ3v) is 2.80. The van der Waals surface area contributed by atoms with Gasteiger partial charge in [0.1, 0.15) is 0 Å². The van der Waals surface area contributed by atoms with Gasteiger partial charge in [0.15, 0.2) is 0 Å². The smallest absolute Gasteiger partial charge is 0.0854 e. The first-order chi connectivity index (χ1) is 4.20. The molecular formula is C6H7BrOS. The molecule has 50 valence electrons. The van der Waals surface area contributed by atoms with Crippen LogP contribution in [0.5, 0.6) is 0 Å². The molecule has 9 heavy (non-hydrogen) atoms. The predicted octanol–water partition coefficient (Wildman–Crippen LogP) is 2.56. The van der Waals surface area contributed by atoms with Crippen LogP contribution < -0.4 is 0 Å². The molecular weight excluding hydrogens is 200 g/mol. The highest BCUT2D eigenvalue weighted by molar-refractivity contribution is 9.11. The van der Waals surface area contributed by atoms with Crippen molar-refractivity contribution >= 4 is 27.3 Å². The van der Waals surface area contributed by atoms with E-state index in [4.69, 9.17) is 5.11 Å². The molecule has 1 aromatic rings. The van der Waals surface area contributed by atoms with E-state index in [0.717, 1.165) is 8.66 Å². The summed E-state index contributed by atoms with van der Waals surface area (Å²) < 4.78 is 1.07. The maximum Gasteiger partial charge on any atom is 0.0854 e. The summed E-state index contributed by atoms with van der Waals surface area (Å²) >= 11 is 4.87. The number of hydrogen-bond donors (Lipinski definition) is 1. The first-order valence-corrected chi connectivity index (χ1v) is 4.24. The zero-order valence-electron chi connectivity index (χ0n) is 4.97. The minimum absolute atomic E-state index is 0.332. The van der Waals surface area contributed by atoms with E-state index in [1.54, 1.807) is 18.3 Å². The summed E-state index contributed by atoms with van der Waals surface area (Å²) in [5.41, 5.74) is 0. The molecule has 0 spiro atoms. The fourth-order valence-corrected chi connectivity index (χ4v) is 1.91. The second kappa shape index (κ2) is 2.82. The molecule has 1 N–H and O–H groups in total. The Kier molecular flexibility index (Phi) is 2.27. The van der Waals surface area contributed by atoms with E-state index in [1.165, 1.54) is 0 Å². The Labute approximate surface area is 66.5 Å². The minimum Gasteiger partial charge on any atom is -0.388 e. The van der Waals surface area contributed by atoms with Crippen molar-refractivity contribution in [2.24, 2.45) is 0 Å². The summed E-state index contributed by atoms with van der Waals surface area (Å²) in [6, 6.07) is 3.85. The Hall–Kier alpha value is 0.140. The van der Waals surface area contributed by atoms with Gasteiger partial charge in [0.05, 0.1) is 9.89 Å². The van der Waals surface area contributed by atoms with E-state index in [9.17, 15) is 0 Å². The van der Waals surface area contributed by atoms with Gasteiger partial charge < -0.3 is 5.11 Å². The molecule has 3 heteroatoms. The normalized spacial score (nSPS) is 13.7. The number of halogens is 1. The van der Waals surface area contributed by atoms with Crippen molar-refractivity contribution in [1.82, 2.24) is 0 Å². The molecule has 0 aliphatic heterocycles. The van der Waals surface area contributed by atoms with E-state index in [1.807, 2.05) is 12.1 Å². The lowest BCUT2D eigenvalue weighted by Crippen LogP contribution is -1.82. The van der Waals surface area contributed by atoms with E-state index < -0.39 is 0 Å². The number of rotatable bonds is 1. The van der Waals surface area contributed by atoms with E-state index in [0.29, 0.717) is 0 Å². The van der Waals surface area contributed by atoms with Gasteiger partial charge in [-0.2, -0.15) is 0 Å². The lowest BCUT2D eigenvalue weighted by Gasteiger charge is -1.95. The molecule has 0 amide bonds. The zero-order valence-corrected chi connectivity index (χ0v) is 7.37. The Morgan fingerprint density at radius 2 is 2.33 bits per heavy atom. The second-order valence-corrected chi connectivity index (χ2v) is 4.31. The van der Waals surface area contributed by atoms with Crippen molar-refractivity contribution in [2.75, 3.05) is 0 Å². The first kappa shape index (κ1) is 7.25. The highest BCUT2D eigenvalue weighted by Crippen LogP contribution is 2.26.